The highest BCUT2D eigenvalue weighted by molar-refractivity contribution is 5.98. The molecule has 0 aliphatic carbocycles. The number of carboxylic acid groups (broad SMARTS) is 1. The lowest BCUT2D eigenvalue weighted by Crippen LogP contribution is -2.27. The second-order valence-electron chi connectivity index (χ2n) is 5.65. The summed E-state index contributed by atoms with van der Waals surface area (Å²) in [6.07, 6.45) is 5.17. The second-order valence-corrected chi connectivity index (χ2v) is 5.65. The molecule has 9 nitrogen and oxygen atoms in total. The molecule has 2 aromatic rings. The fourth-order valence-corrected chi connectivity index (χ4v) is 2.41. The highest BCUT2D eigenvalue weighted by Crippen LogP contribution is 2.27. The number of methoxy groups -OCH3 is 2. The molecule has 2 rings (SSSR count). The zero-order valence-electron chi connectivity index (χ0n) is 16.2. The fourth-order valence-electron chi connectivity index (χ4n) is 2.41. The van der Waals surface area contributed by atoms with Crippen LogP contribution >= 0.6 is 0 Å². The van der Waals surface area contributed by atoms with Gasteiger partial charge in [0.25, 0.3) is 5.91 Å². The minimum atomic E-state index is -1.09. The van der Waals surface area contributed by atoms with Crippen LogP contribution in [0.15, 0.2) is 18.2 Å². The minimum absolute atomic E-state index is 0.0229. The van der Waals surface area contributed by atoms with E-state index in [1.54, 1.807) is 25.2 Å². The van der Waals surface area contributed by atoms with E-state index in [0.717, 1.165) is 0 Å². The van der Waals surface area contributed by atoms with E-state index in [1.807, 2.05) is 0 Å². The first-order valence-corrected chi connectivity index (χ1v) is 8.39. The number of hydrogen-bond acceptors (Lipinski definition) is 6. The molecule has 0 fully saturated rings. The first kappa shape index (κ1) is 21.2. The summed E-state index contributed by atoms with van der Waals surface area (Å²) in [5.41, 5.74) is 0.766. The summed E-state index contributed by atoms with van der Waals surface area (Å²) < 4.78 is 11.9. The molecule has 0 aliphatic heterocycles. The molecular formula is C20H20N4O5. The van der Waals surface area contributed by atoms with Crippen molar-refractivity contribution in [2.24, 2.45) is 7.05 Å². The summed E-state index contributed by atoms with van der Waals surface area (Å²) in [7, 11) is 4.66. The number of anilines is 1. The van der Waals surface area contributed by atoms with Gasteiger partial charge in [0.05, 0.1) is 20.8 Å². The number of imidazole rings is 1. The Morgan fingerprint density at radius 1 is 1.24 bits per heavy atom. The lowest BCUT2D eigenvalue weighted by molar-refractivity contribution is -0.134. The van der Waals surface area contributed by atoms with Crippen molar-refractivity contribution in [1.82, 2.24) is 14.9 Å². The van der Waals surface area contributed by atoms with Crippen LogP contribution in [0, 0.1) is 24.2 Å². The van der Waals surface area contributed by atoms with Gasteiger partial charge in [-0.25, -0.2) is 4.98 Å². The molecule has 1 aromatic heterocycles. The van der Waals surface area contributed by atoms with Crippen molar-refractivity contribution >= 4 is 17.7 Å². The Labute approximate surface area is 168 Å². The van der Waals surface area contributed by atoms with Gasteiger partial charge in [0.1, 0.15) is 6.54 Å². The number of rotatable bonds is 7. The van der Waals surface area contributed by atoms with E-state index < -0.39 is 18.4 Å². The van der Waals surface area contributed by atoms with Crippen LogP contribution in [0.3, 0.4) is 0 Å². The van der Waals surface area contributed by atoms with Gasteiger partial charge in [-0.3, -0.25) is 9.59 Å². The molecule has 9 heteroatoms. The standard InChI is InChI=1S/C20H20N4O5/c1-5-10-21-20(27)18-19(22-12-17(25)26)23-16(24(18)2)9-7-13-6-8-14(28-3)15(11-13)29-4/h1,6,8,11,22H,10,12H2,2-4H3,(H,21,27)(H,25,26). The van der Waals surface area contributed by atoms with Gasteiger partial charge in [0.2, 0.25) is 0 Å². The molecule has 29 heavy (non-hydrogen) atoms. The van der Waals surface area contributed by atoms with E-state index in [2.05, 4.69) is 33.4 Å². The van der Waals surface area contributed by atoms with E-state index in [9.17, 15) is 9.59 Å². The van der Waals surface area contributed by atoms with Crippen LogP contribution in [0.25, 0.3) is 0 Å². The van der Waals surface area contributed by atoms with E-state index in [-0.39, 0.29) is 23.9 Å². The Hall–Kier alpha value is -4.11. The number of aromatic nitrogens is 2. The molecule has 0 saturated heterocycles. The van der Waals surface area contributed by atoms with Gasteiger partial charge in [0.15, 0.2) is 28.8 Å². The molecule has 0 saturated carbocycles. The predicted molar refractivity (Wildman–Crippen MR) is 106 cm³/mol. The first-order chi connectivity index (χ1) is 13.9. The molecule has 0 unspecified atom stereocenters. The summed E-state index contributed by atoms with van der Waals surface area (Å²) in [6.45, 7) is -0.385. The highest BCUT2D eigenvalue weighted by Gasteiger charge is 2.20. The maximum Gasteiger partial charge on any atom is 0.322 e. The molecule has 0 bridgehead atoms. The number of carbonyl (C=O) groups is 2. The van der Waals surface area contributed by atoms with E-state index >= 15 is 0 Å². The van der Waals surface area contributed by atoms with Crippen molar-refractivity contribution in [3.05, 3.63) is 35.3 Å². The van der Waals surface area contributed by atoms with E-state index in [0.29, 0.717) is 17.1 Å². The fraction of sp³-hybridized carbons (Fsp3) is 0.250. The molecule has 0 atom stereocenters. The topological polar surface area (TPSA) is 115 Å². The number of amides is 1. The number of nitrogens with one attached hydrogen (secondary N) is 2. The zero-order chi connectivity index (χ0) is 21.4. The normalized spacial score (nSPS) is 9.59. The van der Waals surface area contributed by atoms with Crippen molar-refractivity contribution in [2.75, 3.05) is 32.6 Å². The van der Waals surface area contributed by atoms with Crippen LogP contribution in [0.2, 0.25) is 0 Å². The molecule has 0 radical (unpaired) electrons. The number of carbonyl (C=O) groups excluding carboxylic acids is 1. The van der Waals surface area contributed by atoms with Crippen molar-refractivity contribution in [3.63, 3.8) is 0 Å². The number of aliphatic carboxylic acids is 1. The molecule has 0 spiro atoms. The predicted octanol–water partition coefficient (Wildman–Crippen LogP) is 0.697. The summed E-state index contributed by atoms with van der Waals surface area (Å²) in [6, 6.07) is 5.18. The van der Waals surface area contributed by atoms with Gasteiger partial charge in [-0.1, -0.05) is 11.8 Å². The smallest absolute Gasteiger partial charge is 0.322 e. The van der Waals surface area contributed by atoms with Crippen LogP contribution in [0.1, 0.15) is 21.9 Å². The van der Waals surface area contributed by atoms with Crippen LogP contribution in [-0.2, 0) is 11.8 Å². The molecule has 1 heterocycles. The molecule has 1 amide bonds. The molecule has 0 aliphatic rings. The number of hydrogen-bond donors (Lipinski definition) is 3. The van der Waals surface area contributed by atoms with Gasteiger partial charge in [-0.15, -0.1) is 6.42 Å². The number of benzene rings is 1. The summed E-state index contributed by atoms with van der Waals surface area (Å²) in [5, 5.41) is 14.0. The quantitative estimate of drug-likeness (QED) is 0.590. The molecule has 3 N–H and O–H groups in total. The van der Waals surface area contributed by atoms with Crippen LogP contribution in [-0.4, -0.2) is 53.8 Å². The average molecular weight is 396 g/mol. The van der Waals surface area contributed by atoms with E-state index in [1.165, 1.54) is 18.8 Å². The summed E-state index contributed by atoms with van der Waals surface area (Å²) in [5.74, 6) is 7.99. The lowest BCUT2D eigenvalue weighted by Gasteiger charge is -2.07. The van der Waals surface area contributed by atoms with Crippen molar-refractivity contribution in [3.8, 4) is 35.7 Å². The maximum absolute atomic E-state index is 12.4. The van der Waals surface area contributed by atoms with Gasteiger partial charge in [-0.05, 0) is 24.1 Å². The van der Waals surface area contributed by atoms with Gasteiger partial charge < -0.3 is 29.8 Å². The third-order valence-corrected chi connectivity index (χ3v) is 3.77. The van der Waals surface area contributed by atoms with Gasteiger partial charge in [-0.2, -0.15) is 0 Å². The number of terminal acetylenes is 1. The van der Waals surface area contributed by atoms with Gasteiger partial charge >= 0.3 is 5.97 Å². The minimum Gasteiger partial charge on any atom is -0.493 e. The molecule has 150 valence electrons. The van der Waals surface area contributed by atoms with E-state index in [4.69, 9.17) is 21.0 Å². The monoisotopic (exact) mass is 396 g/mol. The van der Waals surface area contributed by atoms with Gasteiger partial charge in [0, 0.05) is 12.6 Å². The Morgan fingerprint density at radius 3 is 2.59 bits per heavy atom. The third kappa shape index (κ3) is 5.21. The molecule has 1 aromatic carbocycles. The highest BCUT2D eigenvalue weighted by atomic mass is 16.5. The number of nitrogens with zero attached hydrogens (tertiary/aromatic N) is 2. The molecular weight excluding hydrogens is 376 g/mol. The lowest BCUT2D eigenvalue weighted by atomic mass is 10.2. The summed E-state index contributed by atoms with van der Waals surface area (Å²) in [4.78, 5) is 27.5. The van der Waals surface area contributed by atoms with Crippen LogP contribution in [0.4, 0.5) is 5.82 Å². The summed E-state index contributed by atoms with van der Waals surface area (Å²) >= 11 is 0. The number of carboxylic acids is 1. The van der Waals surface area contributed by atoms with Crippen LogP contribution < -0.4 is 20.1 Å². The Kier molecular flexibility index (Phi) is 7.10. The SMILES string of the molecule is C#CCNC(=O)c1c(NCC(=O)O)nc(C#Cc2ccc(OC)c(OC)c2)n1C. The second kappa shape index (κ2) is 9.72. The number of ether oxygens (including phenoxy) is 2. The Morgan fingerprint density at radius 2 is 1.97 bits per heavy atom. The zero-order valence-corrected chi connectivity index (χ0v) is 16.2. The van der Waals surface area contributed by atoms with Crippen molar-refractivity contribution in [1.29, 1.82) is 0 Å². The third-order valence-electron chi connectivity index (χ3n) is 3.77. The maximum atomic E-state index is 12.4. The van der Waals surface area contributed by atoms with Crippen molar-refractivity contribution < 1.29 is 24.2 Å². The largest absolute Gasteiger partial charge is 0.493 e. The first-order valence-electron chi connectivity index (χ1n) is 8.39. The average Bonchev–Trinajstić information content (AvgIpc) is 3.03. The van der Waals surface area contributed by atoms with Crippen LogP contribution in [0.5, 0.6) is 11.5 Å². The Bertz CT molecular complexity index is 1020. The Balaban J connectivity index is 2.41. The van der Waals surface area contributed by atoms with Crippen molar-refractivity contribution in [2.45, 2.75) is 0 Å².